The lowest BCUT2D eigenvalue weighted by Crippen LogP contribution is -2.12. The zero-order valence-electron chi connectivity index (χ0n) is 50.3. The van der Waals surface area contributed by atoms with Gasteiger partial charge in [0.05, 0.1) is 5.69 Å². The van der Waals surface area contributed by atoms with E-state index >= 15 is 0 Å². The molecule has 0 unspecified atom stereocenters. The van der Waals surface area contributed by atoms with E-state index in [9.17, 15) is 0 Å². The Morgan fingerprint density at radius 2 is 0.367 bits per heavy atom. The molecular formula is C86H64N4. The Morgan fingerprint density at radius 3 is 0.678 bits per heavy atom. The highest BCUT2D eigenvalue weighted by Gasteiger charge is 2.21. The zero-order valence-corrected chi connectivity index (χ0v) is 50.3. The standard InChI is InChI=1S/2C43H32N2/c1-31-14-19-38(20-15-31)44(41-21-16-32-8-2-5-11-35(32)28-41)39-24-26-40(27-25-39)45(42-22-17-33-9-3-6-12-36(33)29-42)43-23-18-34-10-4-7-13-37(34)30-43;1-31-17-21-37(22-18-31)44(40-23-19-32-9-2-4-12-35(32)29-40)38-25-27-39(28-26-38)45(41-24-20-33-10-3-5-13-36(33)30-41)43-16-8-14-34-11-6-7-15-42(34)43/h2*2-30H,1H3. The van der Waals surface area contributed by atoms with E-state index in [4.69, 9.17) is 0 Å². The Balaban J connectivity index is 0.000000150. The number of nitrogens with zero attached hydrogens (tertiary/aromatic N) is 4. The van der Waals surface area contributed by atoms with Gasteiger partial charge in [-0.15, -0.1) is 0 Å². The van der Waals surface area contributed by atoms with E-state index in [0.717, 1.165) is 68.2 Å². The van der Waals surface area contributed by atoms with E-state index < -0.39 is 0 Å². The first-order valence-electron chi connectivity index (χ1n) is 30.9. The van der Waals surface area contributed by atoms with Crippen LogP contribution in [0.2, 0.25) is 0 Å². The fourth-order valence-corrected chi connectivity index (χ4v) is 12.6. The van der Waals surface area contributed by atoms with Gasteiger partial charge in [-0.1, -0.05) is 223 Å². The van der Waals surface area contributed by atoms with Gasteiger partial charge >= 0.3 is 0 Å². The van der Waals surface area contributed by atoms with Crippen molar-refractivity contribution >= 4 is 133 Å². The maximum absolute atomic E-state index is 2.38. The summed E-state index contributed by atoms with van der Waals surface area (Å²) in [5.41, 5.74) is 16.0. The fourth-order valence-electron chi connectivity index (χ4n) is 12.6. The van der Waals surface area contributed by atoms with Crippen LogP contribution in [0.1, 0.15) is 11.1 Å². The molecule has 0 heterocycles. The Morgan fingerprint density at radius 1 is 0.156 bits per heavy atom. The quantitative estimate of drug-likeness (QED) is 0.121. The van der Waals surface area contributed by atoms with Crippen LogP contribution in [0, 0.1) is 13.8 Å². The minimum Gasteiger partial charge on any atom is -0.310 e. The van der Waals surface area contributed by atoms with Gasteiger partial charge in [0.25, 0.3) is 0 Å². The average Bonchev–Trinajstić information content (AvgIpc) is 3.80. The van der Waals surface area contributed by atoms with Gasteiger partial charge < -0.3 is 19.6 Å². The molecule has 16 aromatic carbocycles. The second-order valence-electron chi connectivity index (χ2n) is 23.2. The van der Waals surface area contributed by atoms with Crippen molar-refractivity contribution in [3.8, 4) is 0 Å². The first-order valence-corrected chi connectivity index (χ1v) is 30.9. The van der Waals surface area contributed by atoms with Gasteiger partial charge in [-0.05, 0) is 213 Å². The lowest BCUT2D eigenvalue weighted by molar-refractivity contribution is 1.26. The molecule has 0 bridgehead atoms. The predicted molar refractivity (Wildman–Crippen MR) is 386 cm³/mol. The topological polar surface area (TPSA) is 13.0 Å². The molecule has 0 spiro atoms. The molecule has 16 aromatic rings. The van der Waals surface area contributed by atoms with Crippen LogP contribution in [0.25, 0.3) is 64.6 Å². The van der Waals surface area contributed by atoms with Crippen molar-refractivity contribution < 1.29 is 0 Å². The number of fused-ring (bicyclic) bond motifs is 6. The molecule has 0 saturated heterocycles. The molecule has 4 nitrogen and oxygen atoms in total. The molecule has 0 radical (unpaired) electrons. The van der Waals surface area contributed by atoms with Crippen molar-refractivity contribution in [2.45, 2.75) is 13.8 Å². The maximum atomic E-state index is 2.38. The number of anilines is 12. The largest absolute Gasteiger partial charge is 0.310 e. The molecule has 0 fully saturated rings. The van der Waals surface area contributed by atoms with Crippen molar-refractivity contribution in [2.24, 2.45) is 0 Å². The van der Waals surface area contributed by atoms with Crippen LogP contribution in [0.4, 0.5) is 68.2 Å². The van der Waals surface area contributed by atoms with Crippen LogP contribution in [0.15, 0.2) is 352 Å². The smallest absolute Gasteiger partial charge is 0.0540 e. The summed E-state index contributed by atoms with van der Waals surface area (Å²) in [5, 5.41) is 14.7. The SMILES string of the molecule is Cc1ccc(N(c2ccc(N(c3ccc4ccccc4c3)c3ccc4ccccc4c3)cc2)c2ccc3ccccc3c2)cc1.Cc1ccc(N(c2ccc(N(c3ccc4ccccc4c3)c3cccc4ccccc34)cc2)c2ccc3ccccc3c2)cc1. The van der Waals surface area contributed by atoms with E-state index in [-0.39, 0.29) is 0 Å². The second kappa shape index (κ2) is 24.2. The summed E-state index contributed by atoms with van der Waals surface area (Å²) in [6.07, 6.45) is 0. The fraction of sp³-hybridized carbons (Fsp3) is 0.0233. The molecule has 0 aliphatic rings. The van der Waals surface area contributed by atoms with Crippen molar-refractivity contribution in [2.75, 3.05) is 19.6 Å². The summed E-state index contributed by atoms with van der Waals surface area (Å²) in [6.45, 7) is 4.26. The molecule has 428 valence electrons. The second-order valence-corrected chi connectivity index (χ2v) is 23.2. The van der Waals surface area contributed by atoms with Crippen molar-refractivity contribution in [1.29, 1.82) is 0 Å². The third-order valence-corrected chi connectivity index (χ3v) is 17.3. The summed E-state index contributed by atoms with van der Waals surface area (Å²) in [5.74, 6) is 0. The van der Waals surface area contributed by atoms with Gasteiger partial charge in [0.15, 0.2) is 0 Å². The third kappa shape index (κ3) is 11.1. The Bertz CT molecular complexity index is 5140. The van der Waals surface area contributed by atoms with Gasteiger partial charge in [0.1, 0.15) is 0 Å². The molecule has 0 N–H and O–H groups in total. The van der Waals surface area contributed by atoms with Crippen LogP contribution >= 0.6 is 0 Å². The summed E-state index contributed by atoms with van der Waals surface area (Å²) in [6, 6.07) is 127. The molecule has 0 saturated carbocycles. The number of benzene rings is 16. The summed E-state index contributed by atoms with van der Waals surface area (Å²) in [7, 11) is 0. The van der Waals surface area contributed by atoms with E-state index in [1.54, 1.807) is 0 Å². The van der Waals surface area contributed by atoms with Crippen LogP contribution in [-0.4, -0.2) is 0 Å². The van der Waals surface area contributed by atoms with Gasteiger partial charge in [0, 0.05) is 67.9 Å². The highest BCUT2D eigenvalue weighted by atomic mass is 15.2. The monoisotopic (exact) mass is 1150 g/mol. The molecule has 16 rings (SSSR count). The Hall–Kier alpha value is -11.7. The van der Waals surface area contributed by atoms with E-state index in [2.05, 4.69) is 385 Å². The lowest BCUT2D eigenvalue weighted by atomic mass is 10.0. The highest BCUT2D eigenvalue weighted by Crippen LogP contribution is 2.45. The molecular weight excluding hydrogens is 1090 g/mol. The van der Waals surface area contributed by atoms with Crippen molar-refractivity contribution in [3.63, 3.8) is 0 Å². The first kappa shape index (κ1) is 54.9. The Kier molecular flexibility index (Phi) is 14.8. The van der Waals surface area contributed by atoms with E-state index in [0.29, 0.717) is 0 Å². The summed E-state index contributed by atoms with van der Waals surface area (Å²) >= 11 is 0. The maximum Gasteiger partial charge on any atom is 0.0540 e. The van der Waals surface area contributed by atoms with Crippen LogP contribution in [0.3, 0.4) is 0 Å². The van der Waals surface area contributed by atoms with Crippen molar-refractivity contribution in [1.82, 2.24) is 0 Å². The molecule has 0 amide bonds. The molecule has 4 heteroatoms. The van der Waals surface area contributed by atoms with Gasteiger partial charge in [-0.2, -0.15) is 0 Å². The minimum absolute atomic E-state index is 1.10. The molecule has 0 aromatic heterocycles. The number of hydrogen-bond acceptors (Lipinski definition) is 4. The number of aryl methyl sites for hydroxylation is 2. The Labute approximate surface area is 526 Å². The van der Waals surface area contributed by atoms with Gasteiger partial charge in [-0.3, -0.25) is 0 Å². The van der Waals surface area contributed by atoms with Crippen molar-refractivity contribution in [3.05, 3.63) is 363 Å². The third-order valence-electron chi connectivity index (χ3n) is 17.3. The first-order chi connectivity index (χ1) is 44.4. The van der Waals surface area contributed by atoms with Crippen LogP contribution in [-0.2, 0) is 0 Å². The van der Waals surface area contributed by atoms with Gasteiger partial charge in [0.2, 0.25) is 0 Å². The molecule has 0 aliphatic carbocycles. The zero-order chi connectivity index (χ0) is 60.3. The lowest BCUT2D eigenvalue weighted by Gasteiger charge is -2.29. The summed E-state index contributed by atoms with van der Waals surface area (Å²) < 4.78 is 0. The average molecular weight is 1150 g/mol. The number of rotatable bonds is 12. The van der Waals surface area contributed by atoms with Gasteiger partial charge in [-0.25, -0.2) is 0 Å². The highest BCUT2D eigenvalue weighted by molar-refractivity contribution is 6.01. The van der Waals surface area contributed by atoms with Crippen LogP contribution < -0.4 is 19.6 Å². The summed E-state index contributed by atoms with van der Waals surface area (Å²) in [4.78, 5) is 9.42. The van der Waals surface area contributed by atoms with E-state index in [1.165, 1.54) is 75.8 Å². The molecule has 0 aliphatic heterocycles. The van der Waals surface area contributed by atoms with Crippen LogP contribution in [0.5, 0.6) is 0 Å². The normalized spacial score (nSPS) is 11.2. The minimum atomic E-state index is 1.10. The number of hydrogen-bond donors (Lipinski definition) is 0. The van der Waals surface area contributed by atoms with E-state index in [1.807, 2.05) is 0 Å². The molecule has 90 heavy (non-hydrogen) atoms. The molecule has 0 atom stereocenters. The predicted octanol–water partition coefficient (Wildman–Crippen LogP) is 24.8.